The number of aliphatic hydroxyl groups is 1. The van der Waals surface area contributed by atoms with Gasteiger partial charge in [-0.05, 0) is 36.5 Å². The van der Waals surface area contributed by atoms with Crippen LogP contribution >= 0.6 is 0 Å². The molecule has 0 aliphatic carbocycles. The summed E-state index contributed by atoms with van der Waals surface area (Å²) in [5, 5.41) is 10.2. The number of benzene rings is 2. The van der Waals surface area contributed by atoms with E-state index in [1.165, 1.54) is 0 Å². The quantitative estimate of drug-likeness (QED) is 0.919. The van der Waals surface area contributed by atoms with Crippen LogP contribution in [0.1, 0.15) is 24.5 Å². The molecule has 1 aliphatic rings. The molecule has 2 aromatic rings. The summed E-state index contributed by atoms with van der Waals surface area (Å²) >= 11 is 0. The lowest BCUT2D eigenvalue weighted by atomic mass is 9.97. The molecule has 1 heterocycles. The Morgan fingerprint density at radius 2 is 1.62 bits per heavy atom. The van der Waals surface area contributed by atoms with Crippen molar-refractivity contribution in [3.05, 3.63) is 66.2 Å². The standard InChI is InChI=1S/C20H23NO3/c22-19(17-7-3-1-4-8-17)20(23)21-13-11-16(12-14-21)15-24-18-9-5-2-6-10-18/h1-10,16,19,22H,11-15H2. The van der Waals surface area contributed by atoms with Crippen molar-refractivity contribution in [2.75, 3.05) is 19.7 Å². The first-order valence-corrected chi connectivity index (χ1v) is 8.43. The lowest BCUT2D eigenvalue weighted by Gasteiger charge is -2.33. The van der Waals surface area contributed by atoms with Gasteiger partial charge in [-0.2, -0.15) is 0 Å². The normalized spacial score (nSPS) is 16.6. The zero-order valence-electron chi connectivity index (χ0n) is 13.7. The Labute approximate surface area is 142 Å². The van der Waals surface area contributed by atoms with E-state index in [1.807, 2.05) is 48.5 Å². The Morgan fingerprint density at radius 3 is 2.25 bits per heavy atom. The second-order valence-corrected chi connectivity index (χ2v) is 6.21. The second kappa shape index (κ2) is 7.97. The summed E-state index contributed by atoms with van der Waals surface area (Å²) in [4.78, 5) is 14.2. The third-order valence-electron chi connectivity index (χ3n) is 4.50. The average Bonchev–Trinajstić information content (AvgIpc) is 2.67. The molecule has 1 amide bonds. The summed E-state index contributed by atoms with van der Waals surface area (Å²) in [7, 11) is 0. The first-order valence-electron chi connectivity index (χ1n) is 8.43. The molecule has 24 heavy (non-hydrogen) atoms. The van der Waals surface area contributed by atoms with E-state index in [1.54, 1.807) is 17.0 Å². The van der Waals surface area contributed by atoms with Crippen molar-refractivity contribution in [3.8, 4) is 5.75 Å². The van der Waals surface area contributed by atoms with Crippen molar-refractivity contribution >= 4 is 5.91 Å². The fourth-order valence-corrected chi connectivity index (χ4v) is 3.00. The molecule has 0 bridgehead atoms. The van der Waals surface area contributed by atoms with Crippen LogP contribution in [-0.4, -0.2) is 35.6 Å². The lowest BCUT2D eigenvalue weighted by molar-refractivity contribution is -0.142. The number of likely N-dealkylation sites (tertiary alicyclic amines) is 1. The zero-order chi connectivity index (χ0) is 16.8. The van der Waals surface area contributed by atoms with Crippen LogP contribution in [0.25, 0.3) is 0 Å². The highest BCUT2D eigenvalue weighted by Gasteiger charge is 2.28. The van der Waals surface area contributed by atoms with E-state index in [-0.39, 0.29) is 5.91 Å². The predicted molar refractivity (Wildman–Crippen MR) is 92.6 cm³/mol. The van der Waals surface area contributed by atoms with Gasteiger partial charge in [0.15, 0.2) is 6.10 Å². The maximum absolute atomic E-state index is 12.4. The van der Waals surface area contributed by atoms with Gasteiger partial charge in [-0.3, -0.25) is 4.79 Å². The zero-order valence-corrected chi connectivity index (χ0v) is 13.7. The fourth-order valence-electron chi connectivity index (χ4n) is 3.00. The van der Waals surface area contributed by atoms with Crippen molar-refractivity contribution in [1.29, 1.82) is 0 Å². The van der Waals surface area contributed by atoms with Crippen LogP contribution in [0.5, 0.6) is 5.75 Å². The van der Waals surface area contributed by atoms with Crippen LogP contribution in [0.15, 0.2) is 60.7 Å². The van der Waals surface area contributed by atoms with Gasteiger partial charge >= 0.3 is 0 Å². The van der Waals surface area contributed by atoms with Gasteiger partial charge in [0.1, 0.15) is 5.75 Å². The minimum atomic E-state index is -1.07. The number of nitrogens with zero attached hydrogens (tertiary/aromatic N) is 1. The molecule has 0 saturated carbocycles. The Hall–Kier alpha value is -2.33. The number of rotatable bonds is 5. The van der Waals surface area contributed by atoms with Gasteiger partial charge in [-0.1, -0.05) is 48.5 Å². The van der Waals surface area contributed by atoms with Crippen LogP contribution in [0, 0.1) is 5.92 Å². The van der Waals surface area contributed by atoms with Crippen LogP contribution in [0.3, 0.4) is 0 Å². The molecule has 2 aromatic carbocycles. The summed E-state index contributed by atoms with van der Waals surface area (Å²) < 4.78 is 5.81. The summed E-state index contributed by atoms with van der Waals surface area (Å²) in [5.74, 6) is 1.13. The molecule has 1 saturated heterocycles. The van der Waals surface area contributed by atoms with E-state index in [9.17, 15) is 9.90 Å². The molecule has 0 spiro atoms. The third-order valence-corrected chi connectivity index (χ3v) is 4.50. The van der Waals surface area contributed by atoms with Crippen molar-refractivity contribution in [3.63, 3.8) is 0 Å². The first kappa shape index (κ1) is 16.5. The number of carbonyl (C=O) groups excluding carboxylic acids is 1. The van der Waals surface area contributed by atoms with Crippen LogP contribution < -0.4 is 4.74 Å². The molecule has 3 rings (SSSR count). The van der Waals surface area contributed by atoms with E-state index in [2.05, 4.69) is 0 Å². The van der Waals surface area contributed by atoms with Gasteiger partial charge in [-0.25, -0.2) is 0 Å². The van der Waals surface area contributed by atoms with E-state index < -0.39 is 6.10 Å². The maximum Gasteiger partial charge on any atom is 0.256 e. The Balaban J connectivity index is 1.47. The number of aliphatic hydroxyl groups excluding tert-OH is 1. The monoisotopic (exact) mass is 325 g/mol. The van der Waals surface area contributed by atoms with Gasteiger partial charge in [0.25, 0.3) is 5.91 Å². The molecule has 4 heteroatoms. The van der Waals surface area contributed by atoms with Crippen molar-refractivity contribution in [2.24, 2.45) is 5.92 Å². The molecule has 4 nitrogen and oxygen atoms in total. The number of amides is 1. The highest BCUT2D eigenvalue weighted by atomic mass is 16.5. The van der Waals surface area contributed by atoms with Gasteiger partial charge in [0, 0.05) is 13.1 Å². The number of para-hydroxylation sites is 1. The van der Waals surface area contributed by atoms with Crippen molar-refractivity contribution in [2.45, 2.75) is 18.9 Å². The summed E-state index contributed by atoms with van der Waals surface area (Å²) in [6.07, 6.45) is 0.739. The third kappa shape index (κ3) is 4.15. The van der Waals surface area contributed by atoms with Crippen molar-refractivity contribution in [1.82, 2.24) is 4.90 Å². The number of carbonyl (C=O) groups is 1. The minimum absolute atomic E-state index is 0.205. The number of piperidine rings is 1. The van der Waals surface area contributed by atoms with Gasteiger partial charge in [0.2, 0.25) is 0 Å². The Morgan fingerprint density at radius 1 is 1.04 bits per heavy atom. The smallest absolute Gasteiger partial charge is 0.256 e. The SMILES string of the molecule is O=C(C(O)c1ccccc1)N1CCC(COc2ccccc2)CC1. The van der Waals surface area contributed by atoms with Gasteiger partial charge < -0.3 is 14.7 Å². The average molecular weight is 325 g/mol. The largest absolute Gasteiger partial charge is 0.493 e. The molecule has 1 fully saturated rings. The van der Waals surface area contributed by atoms with Crippen LogP contribution in [-0.2, 0) is 4.79 Å². The van der Waals surface area contributed by atoms with E-state index in [4.69, 9.17) is 4.74 Å². The topological polar surface area (TPSA) is 49.8 Å². The molecule has 0 aromatic heterocycles. The molecular weight excluding hydrogens is 302 g/mol. The highest BCUT2D eigenvalue weighted by molar-refractivity contribution is 5.82. The summed E-state index contributed by atoms with van der Waals surface area (Å²) in [6, 6.07) is 18.9. The van der Waals surface area contributed by atoms with Crippen LogP contribution in [0.4, 0.5) is 0 Å². The highest BCUT2D eigenvalue weighted by Crippen LogP contribution is 2.22. The summed E-state index contributed by atoms with van der Waals surface area (Å²) in [5.41, 5.74) is 0.650. The summed E-state index contributed by atoms with van der Waals surface area (Å²) in [6.45, 7) is 2.02. The van der Waals surface area contributed by atoms with E-state index in [0.717, 1.165) is 18.6 Å². The Kier molecular flexibility index (Phi) is 5.49. The second-order valence-electron chi connectivity index (χ2n) is 6.21. The molecule has 126 valence electrons. The minimum Gasteiger partial charge on any atom is -0.493 e. The first-order chi connectivity index (χ1) is 11.7. The van der Waals surface area contributed by atoms with Crippen molar-refractivity contribution < 1.29 is 14.6 Å². The maximum atomic E-state index is 12.4. The lowest BCUT2D eigenvalue weighted by Crippen LogP contribution is -2.42. The van der Waals surface area contributed by atoms with E-state index >= 15 is 0 Å². The molecule has 1 N–H and O–H groups in total. The molecule has 1 unspecified atom stereocenters. The fraction of sp³-hybridized carbons (Fsp3) is 0.350. The van der Waals surface area contributed by atoms with Crippen LogP contribution in [0.2, 0.25) is 0 Å². The van der Waals surface area contributed by atoms with E-state index in [0.29, 0.717) is 31.2 Å². The number of ether oxygens (including phenoxy) is 1. The predicted octanol–water partition coefficient (Wildman–Crippen LogP) is 3.04. The van der Waals surface area contributed by atoms with Gasteiger partial charge in [-0.15, -0.1) is 0 Å². The Bertz CT molecular complexity index is 636. The van der Waals surface area contributed by atoms with Gasteiger partial charge in [0.05, 0.1) is 6.61 Å². The number of hydrogen-bond acceptors (Lipinski definition) is 3. The molecule has 1 aliphatic heterocycles. The number of hydrogen-bond donors (Lipinski definition) is 1. The molecule has 0 radical (unpaired) electrons. The molecular formula is C20H23NO3. The molecule has 1 atom stereocenters.